The molecule has 49 heavy (non-hydrogen) atoms. The number of carboxylic acid groups (broad SMARTS) is 4. The zero-order valence-electron chi connectivity index (χ0n) is 29.3. The van der Waals surface area contributed by atoms with Crippen molar-refractivity contribution in [2.45, 2.75) is 154 Å². The number of carbonyl (C=O) groups excluding carboxylic acids is 2. The average molecular weight is 706 g/mol. The van der Waals surface area contributed by atoms with Crippen molar-refractivity contribution in [1.82, 2.24) is 0 Å². The summed E-state index contributed by atoms with van der Waals surface area (Å²) in [6.45, 7) is 7.44. The number of hydrogen-bond acceptors (Lipinski definition) is 11. The molecule has 0 aromatic rings. The highest BCUT2D eigenvalue weighted by molar-refractivity contribution is 5.83. The second kappa shape index (κ2) is 24.8. The molecule has 0 aromatic heterocycles. The Morgan fingerprint density at radius 1 is 0.592 bits per heavy atom. The summed E-state index contributed by atoms with van der Waals surface area (Å²) in [4.78, 5) is 71.5. The number of aliphatic hydroxyl groups excluding tert-OH is 2. The van der Waals surface area contributed by atoms with E-state index in [1.165, 1.54) is 0 Å². The van der Waals surface area contributed by atoms with Gasteiger partial charge in [0.25, 0.3) is 0 Å². The van der Waals surface area contributed by atoms with Crippen molar-refractivity contribution in [2.75, 3.05) is 0 Å². The number of ether oxygens (including phenoxy) is 2. The minimum Gasteiger partial charge on any atom is -0.481 e. The molecule has 0 unspecified atom stereocenters. The predicted molar refractivity (Wildman–Crippen MR) is 176 cm³/mol. The monoisotopic (exact) mass is 705 g/mol. The van der Waals surface area contributed by atoms with Gasteiger partial charge in [0.1, 0.15) is 12.2 Å². The first-order chi connectivity index (χ1) is 22.9. The number of aliphatic carboxylic acids is 4. The molecule has 15 nitrogen and oxygen atoms in total. The van der Waals surface area contributed by atoms with E-state index in [2.05, 4.69) is 0 Å². The molecule has 0 saturated heterocycles. The SMILES string of the molecule is CCC[C@H](C)C[C@H](OC(=O)C[C@H](CC(=O)O)C(=O)O)[C@H](C[C@H](C)CCCCCC[C@H](O)C[C@H](O)[C@@H](C)N)OC(=O)C[C@H](CC(=O)O)C(=O)O. The van der Waals surface area contributed by atoms with E-state index >= 15 is 0 Å². The molecule has 0 amide bonds. The van der Waals surface area contributed by atoms with Crippen molar-refractivity contribution in [3.05, 3.63) is 0 Å². The summed E-state index contributed by atoms with van der Waals surface area (Å²) in [5, 5.41) is 57.0. The van der Waals surface area contributed by atoms with Gasteiger partial charge in [0.05, 0.1) is 49.7 Å². The lowest BCUT2D eigenvalue weighted by Crippen LogP contribution is -2.39. The minimum absolute atomic E-state index is 0.0306. The maximum atomic E-state index is 13.0. The van der Waals surface area contributed by atoms with Crippen LogP contribution in [0, 0.1) is 23.7 Å². The third-order valence-corrected chi connectivity index (χ3v) is 8.50. The second-order valence-corrected chi connectivity index (χ2v) is 13.5. The molecule has 9 atom stereocenters. The Balaban J connectivity index is 5.81. The van der Waals surface area contributed by atoms with E-state index in [-0.39, 0.29) is 31.1 Å². The molecule has 284 valence electrons. The number of carboxylic acids is 4. The Bertz CT molecular complexity index is 1030. The lowest BCUT2D eigenvalue weighted by atomic mass is 9.89. The van der Waals surface area contributed by atoms with Gasteiger partial charge in [-0.05, 0) is 38.0 Å². The van der Waals surface area contributed by atoms with Crippen LogP contribution >= 0.6 is 0 Å². The summed E-state index contributed by atoms with van der Waals surface area (Å²) in [6.07, 6.45) is -0.0936. The molecule has 0 aromatic carbocycles. The quantitative estimate of drug-likeness (QED) is 0.0433. The van der Waals surface area contributed by atoms with Crippen LogP contribution < -0.4 is 5.73 Å². The van der Waals surface area contributed by atoms with Crippen LogP contribution in [0.25, 0.3) is 0 Å². The van der Waals surface area contributed by atoms with E-state index in [4.69, 9.17) is 25.4 Å². The van der Waals surface area contributed by atoms with Crippen molar-refractivity contribution in [1.29, 1.82) is 0 Å². The van der Waals surface area contributed by atoms with Crippen LogP contribution in [0.1, 0.15) is 124 Å². The fraction of sp³-hybridized carbons (Fsp3) is 0.824. The molecule has 0 heterocycles. The van der Waals surface area contributed by atoms with Gasteiger partial charge in [-0.15, -0.1) is 0 Å². The summed E-state index contributed by atoms with van der Waals surface area (Å²) in [7, 11) is 0. The van der Waals surface area contributed by atoms with E-state index in [1.807, 2.05) is 20.8 Å². The smallest absolute Gasteiger partial charge is 0.307 e. The van der Waals surface area contributed by atoms with Gasteiger partial charge < -0.3 is 45.8 Å². The van der Waals surface area contributed by atoms with Crippen LogP contribution in [-0.4, -0.2) is 96.9 Å². The summed E-state index contributed by atoms with van der Waals surface area (Å²) in [6, 6.07) is -0.431. The Labute approximate surface area is 288 Å². The number of nitrogens with two attached hydrogens (primary N) is 1. The first-order valence-electron chi connectivity index (χ1n) is 17.3. The van der Waals surface area contributed by atoms with E-state index < -0.39 is 104 Å². The number of hydrogen-bond donors (Lipinski definition) is 7. The van der Waals surface area contributed by atoms with Gasteiger partial charge in [0.2, 0.25) is 0 Å². The number of esters is 2. The van der Waals surface area contributed by atoms with Gasteiger partial charge in [-0.25, -0.2) is 0 Å². The van der Waals surface area contributed by atoms with E-state index in [9.17, 15) is 49.2 Å². The number of aliphatic hydroxyl groups is 2. The molecule has 0 saturated carbocycles. The Morgan fingerprint density at radius 3 is 1.37 bits per heavy atom. The van der Waals surface area contributed by atoms with Gasteiger partial charge in [-0.1, -0.05) is 65.7 Å². The molecular weight excluding hydrogens is 646 g/mol. The molecule has 0 spiro atoms. The van der Waals surface area contributed by atoms with E-state index in [1.54, 1.807) is 6.92 Å². The predicted octanol–water partition coefficient (Wildman–Crippen LogP) is 3.59. The van der Waals surface area contributed by atoms with Crippen molar-refractivity contribution in [3.63, 3.8) is 0 Å². The highest BCUT2D eigenvalue weighted by Gasteiger charge is 2.35. The molecule has 0 bridgehead atoms. The minimum atomic E-state index is -1.55. The first kappa shape index (κ1) is 45.7. The standard InChI is InChI=1S/C34H59NO14/c1-5-10-20(2)13-27(48-31(42)17-23(33(44)45)15-29(38)39)28(49-32(43)18-24(34(46)47)16-30(40)41)14-21(3)11-8-6-7-9-12-25(36)19-26(37)22(4)35/h20-28,36-37H,5-19,35H2,1-4H3,(H,38,39)(H,40,41)(H,44,45)(H,46,47)/t20-,21+,22+,23-,24-,25-,26-,27-,28-/m0/s1. The maximum Gasteiger partial charge on any atom is 0.307 e. The molecule has 0 fully saturated rings. The molecule has 0 aliphatic heterocycles. The zero-order chi connectivity index (χ0) is 37.7. The van der Waals surface area contributed by atoms with Gasteiger partial charge in [-0.3, -0.25) is 28.8 Å². The Hall–Kier alpha value is -3.30. The highest BCUT2D eigenvalue weighted by atomic mass is 16.6. The average Bonchev–Trinajstić information content (AvgIpc) is 2.96. The van der Waals surface area contributed by atoms with Crippen LogP contribution in [-0.2, 0) is 38.2 Å². The fourth-order valence-corrected chi connectivity index (χ4v) is 5.66. The summed E-state index contributed by atoms with van der Waals surface area (Å²) in [5.74, 6) is -11.0. The Morgan fingerprint density at radius 2 is 1.00 bits per heavy atom. The third-order valence-electron chi connectivity index (χ3n) is 8.50. The first-order valence-corrected chi connectivity index (χ1v) is 17.3. The zero-order valence-corrected chi connectivity index (χ0v) is 29.3. The van der Waals surface area contributed by atoms with Gasteiger partial charge >= 0.3 is 35.8 Å². The highest BCUT2D eigenvalue weighted by Crippen LogP contribution is 2.27. The van der Waals surface area contributed by atoms with Crippen molar-refractivity contribution in [3.8, 4) is 0 Å². The van der Waals surface area contributed by atoms with Gasteiger partial charge in [-0.2, -0.15) is 0 Å². The molecule has 8 N–H and O–H groups in total. The lowest BCUT2D eigenvalue weighted by molar-refractivity contribution is -0.174. The third kappa shape index (κ3) is 22.1. The molecule has 0 radical (unpaired) electrons. The molecule has 0 rings (SSSR count). The van der Waals surface area contributed by atoms with Crippen LogP contribution in [0.5, 0.6) is 0 Å². The topological polar surface area (TPSA) is 268 Å². The normalized spacial score (nSPS) is 17.0. The van der Waals surface area contributed by atoms with Gasteiger partial charge in [0.15, 0.2) is 0 Å². The number of unbranched alkanes of at least 4 members (excludes halogenated alkanes) is 3. The van der Waals surface area contributed by atoms with Crippen LogP contribution in [0.3, 0.4) is 0 Å². The maximum absolute atomic E-state index is 13.0. The van der Waals surface area contributed by atoms with Crippen molar-refractivity contribution >= 4 is 35.8 Å². The van der Waals surface area contributed by atoms with E-state index in [0.717, 1.165) is 38.5 Å². The number of rotatable bonds is 29. The van der Waals surface area contributed by atoms with Gasteiger partial charge in [0, 0.05) is 12.5 Å². The lowest BCUT2D eigenvalue weighted by Gasteiger charge is -2.31. The van der Waals surface area contributed by atoms with Crippen molar-refractivity contribution in [2.24, 2.45) is 29.4 Å². The molecule has 15 heteroatoms. The summed E-state index contributed by atoms with van der Waals surface area (Å²) >= 11 is 0. The molecule has 0 aliphatic carbocycles. The molecule has 0 aliphatic rings. The van der Waals surface area contributed by atoms with E-state index in [0.29, 0.717) is 12.8 Å². The summed E-state index contributed by atoms with van der Waals surface area (Å²) < 4.78 is 11.4. The molecular formula is C34H59NO14. The van der Waals surface area contributed by atoms with Crippen LogP contribution in [0.15, 0.2) is 0 Å². The van der Waals surface area contributed by atoms with Crippen LogP contribution in [0.4, 0.5) is 0 Å². The summed E-state index contributed by atoms with van der Waals surface area (Å²) in [5.41, 5.74) is 5.64. The second-order valence-electron chi connectivity index (χ2n) is 13.5. The van der Waals surface area contributed by atoms with Crippen LogP contribution in [0.2, 0.25) is 0 Å². The fourth-order valence-electron chi connectivity index (χ4n) is 5.66. The Kier molecular flexibility index (Phi) is 23.1. The largest absolute Gasteiger partial charge is 0.481 e. The number of carbonyl (C=O) groups is 6. The van der Waals surface area contributed by atoms with Crippen molar-refractivity contribution < 1.29 is 68.9 Å².